The van der Waals surface area contributed by atoms with Crippen LogP contribution in [0.4, 0.5) is 4.79 Å². The van der Waals surface area contributed by atoms with Crippen molar-refractivity contribution in [2.75, 3.05) is 0 Å². The minimum Gasteiger partial charge on any atom is -0.445 e. The highest BCUT2D eigenvalue weighted by Crippen LogP contribution is 2.37. The van der Waals surface area contributed by atoms with E-state index in [0.717, 1.165) is 18.4 Å². The standard InChI is InChI=1S/C13H18N2O2/c1-10(14)13(7-8-13)15-12(16)17-9-11-5-3-2-4-6-11/h2-6,10H,7-9,14H2,1H3,(H,15,16)/t10-/m0/s1. The minimum absolute atomic E-state index is 0.0354. The molecule has 0 heterocycles. The molecule has 92 valence electrons. The second-order valence-corrected chi connectivity index (χ2v) is 4.63. The first kappa shape index (κ1) is 11.9. The maximum atomic E-state index is 11.6. The van der Waals surface area contributed by atoms with Gasteiger partial charge in [-0.25, -0.2) is 4.79 Å². The molecule has 1 aromatic rings. The van der Waals surface area contributed by atoms with Crippen molar-refractivity contribution in [1.29, 1.82) is 0 Å². The van der Waals surface area contributed by atoms with E-state index in [0.29, 0.717) is 6.61 Å². The van der Waals surface area contributed by atoms with Crippen molar-refractivity contribution in [3.05, 3.63) is 35.9 Å². The Bertz CT molecular complexity index is 386. The van der Waals surface area contributed by atoms with Gasteiger partial charge in [0.25, 0.3) is 0 Å². The Morgan fingerprint density at radius 2 is 2.12 bits per heavy atom. The molecule has 0 unspecified atom stereocenters. The fraction of sp³-hybridized carbons (Fsp3) is 0.462. The third-order valence-corrected chi connectivity index (χ3v) is 3.22. The summed E-state index contributed by atoms with van der Waals surface area (Å²) in [6, 6.07) is 9.57. The lowest BCUT2D eigenvalue weighted by molar-refractivity contribution is 0.132. The number of benzene rings is 1. The Kier molecular flexibility index (Phi) is 3.33. The highest BCUT2D eigenvalue weighted by atomic mass is 16.5. The summed E-state index contributed by atoms with van der Waals surface area (Å²) in [7, 11) is 0. The normalized spacial score (nSPS) is 18.2. The van der Waals surface area contributed by atoms with Gasteiger partial charge in [0.15, 0.2) is 0 Å². The molecule has 0 saturated heterocycles. The summed E-state index contributed by atoms with van der Waals surface area (Å²) in [5.74, 6) is 0. The smallest absolute Gasteiger partial charge is 0.407 e. The van der Waals surface area contributed by atoms with Crippen LogP contribution in [0.5, 0.6) is 0 Å². The average molecular weight is 234 g/mol. The first-order valence-electron chi connectivity index (χ1n) is 5.87. The molecule has 2 rings (SSSR count). The van der Waals surface area contributed by atoms with Crippen molar-refractivity contribution >= 4 is 6.09 Å². The Labute approximate surface area is 101 Å². The summed E-state index contributed by atoms with van der Waals surface area (Å²) in [6.07, 6.45) is 1.49. The molecule has 1 atom stereocenters. The summed E-state index contributed by atoms with van der Waals surface area (Å²) < 4.78 is 5.15. The maximum absolute atomic E-state index is 11.6. The van der Waals surface area contributed by atoms with Gasteiger partial charge in [-0.15, -0.1) is 0 Å². The molecular formula is C13H18N2O2. The topological polar surface area (TPSA) is 64.3 Å². The van der Waals surface area contributed by atoms with Gasteiger partial charge in [0, 0.05) is 6.04 Å². The van der Waals surface area contributed by atoms with Crippen molar-refractivity contribution in [3.63, 3.8) is 0 Å². The van der Waals surface area contributed by atoms with Crippen LogP contribution in [-0.2, 0) is 11.3 Å². The number of hydrogen-bond donors (Lipinski definition) is 2. The van der Waals surface area contributed by atoms with Crippen molar-refractivity contribution < 1.29 is 9.53 Å². The zero-order valence-corrected chi connectivity index (χ0v) is 9.98. The molecule has 0 spiro atoms. The van der Waals surface area contributed by atoms with Crippen LogP contribution in [0, 0.1) is 0 Å². The van der Waals surface area contributed by atoms with E-state index in [9.17, 15) is 4.79 Å². The summed E-state index contributed by atoms with van der Waals surface area (Å²) in [4.78, 5) is 11.6. The largest absolute Gasteiger partial charge is 0.445 e. The molecule has 0 aliphatic heterocycles. The van der Waals surface area contributed by atoms with Gasteiger partial charge < -0.3 is 15.8 Å². The van der Waals surface area contributed by atoms with Gasteiger partial charge >= 0.3 is 6.09 Å². The predicted octanol–water partition coefficient (Wildman–Crippen LogP) is 1.79. The molecule has 0 radical (unpaired) electrons. The summed E-state index contributed by atoms with van der Waals surface area (Å²) >= 11 is 0. The van der Waals surface area contributed by atoms with Gasteiger partial charge in [0.1, 0.15) is 6.61 Å². The molecule has 4 nitrogen and oxygen atoms in total. The quantitative estimate of drug-likeness (QED) is 0.834. The van der Waals surface area contributed by atoms with Crippen LogP contribution in [0.15, 0.2) is 30.3 Å². The van der Waals surface area contributed by atoms with Crippen LogP contribution in [0.25, 0.3) is 0 Å². The Hall–Kier alpha value is -1.55. The van der Waals surface area contributed by atoms with Gasteiger partial charge in [-0.3, -0.25) is 0 Å². The average Bonchev–Trinajstić information content (AvgIpc) is 3.09. The third kappa shape index (κ3) is 2.97. The zero-order valence-electron chi connectivity index (χ0n) is 9.98. The van der Waals surface area contributed by atoms with E-state index in [2.05, 4.69) is 5.32 Å². The molecule has 0 bridgehead atoms. The number of alkyl carbamates (subject to hydrolysis) is 1. The van der Waals surface area contributed by atoms with E-state index in [-0.39, 0.29) is 17.7 Å². The van der Waals surface area contributed by atoms with Crippen LogP contribution < -0.4 is 11.1 Å². The SMILES string of the molecule is C[C@H](N)C1(NC(=O)OCc2ccccc2)CC1. The summed E-state index contributed by atoms with van der Waals surface area (Å²) in [6.45, 7) is 2.20. The zero-order chi connectivity index (χ0) is 12.3. The lowest BCUT2D eigenvalue weighted by atomic mass is 10.1. The molecule has 1 aromatic carbocycles. The molecular weight excluding hydrogens is 216 g/mol. The molecule has 1 aliphatic rings. The van der Waals surface area contributed by atoms with Gasteiger partial charge in [0.05, 0.1) is 5.54 Å². The minimum atomic E-state index is -0.386. The number of hydrogen-bond acceptors (Lipinski definition) is 3. The van der Waals surface area contributed by atoms with E-state index in [1.54, 1.807) is 0 Å². The first-order valence-corrected chi connectivity index (χ1v) is 5.87. The lowest BCUT2D eigenvalue weighted by Crippen LogP contribution is -2.48. The maximum Gasteiger partial charge on any atom is 0.407 e. The number of carbonyl (C=O) groups excluding carboxylic acids is 1. The van der Waals surface area contributed by atoms with E-state index in [4.69, 9.17) is 10.5 Å². The third-order valence-electron chi connectivity index (χ3n) is 3.22. The molecule has 17 heavy (non-hydrogen) atoms. The number of carbonyl (C=O) groups is 1. The number of amides is 1. The summed E-state index contributed by atoms with van der Waals surface area (Å²) in [5, 5.41) is 2.85. The fourth-order valence-electron chi connectivity index (χ4n) is 1.79. The number of ether oxygens (including phenoxy) is 1. The van der Waals surface area contributed by atoms with Gasteiger partial charge in [0.2, 0.25) is 0 Å². The molecule has 3 N–H and O–H groups in total. The number of nitrogens with one attached hydrogen (secondary N) is 1. The van der Waals surface area contributed by atoms with Crippen molar-refractivity contribution in [2.45, 2.75) is 38.0 Å². The van der Waals surface area contributed by atoms with Crippen LogP contribution in [0.1, 0.15) is 25.3 Å². The van der Waals surface area contributed by atoms with E-state index in [1.165, 1.54) is 0 Å². The first-order chi connectivity index (χ1) is 8.12. The molecule has 4 heteroatoms. The molecule has 1 saturated carbocycles. The molecule has 0 aromatic heterocycles. The van der Waals surface area contributed by atoms with E-state index >= 15 is 0 Å². The van der Waals surface area contributed by atoms with Crippen molar-refractivity contribution in [2.24, 2.45) is 5.73 Å². The van der Waals surface area contributed by atoms with Crippen LogP contribution in [-0.4, -0.2) is 17.7 Å². The summed E-state index contributed by atoms with van der Waals surface area (Å²) in [5.41, 5.74) is 6.57. The lowest BCUT2D eigenvalue weighted by Gasteiger charge is -2.20. The van der Waals surface area contributed by atoms with Crippen LogP contribution >= 0.6 is 0 Å². The monoisotopic (exact) mass is 234 g/mol. The van der Waals surface area contributed by atoms with Crippen LogP contribution in [0.3, 0.4) is 0 Å². The predicted molar refractivity (Wildman–Crippen MR) is 65.4 cm³/mol. The Morgan fingerprint density at radius 3 is 2.65 bits per heavy atom. The number of nitrogens with two attached hydrogens (primary N) is 1. The van der Waals surface area contributed by atoms with Crippen molar-refractivity contribution in [1.82, 2.24) is 5.32 Å². The van der Waals surface area contributed by atoms with E-state index < -0.39 is 0 Å². The molecule has 1 fully saturated rings. The Balaban J connectivity index is 1.79. The van der Waals surface area contributed by atoms with Gasteiger partial charge in [-0.1, -0.05) is 30.3 Å². The highest BCUT2D eigenvalue weighted by molar-refractivity contribution is 5.69. The Morgan fingerprint density at radius 1 is 1.47 bits per heavy atom. The molecule has 1 aliphatic carbocycles. The van der Waals surface area contributed by atoms with Crippen LogP contribution in [0.2, 0.25) is 0 Å². The van der Waals surface area contributed by atoms with E-state index in [1.807, 2.05) is 37.3 Å². The second kappa shape index (κ2) is 4.75. The highest BCUT2D eigenvalue weighted by Gasteiger charge is 2.47. The number of rotatable bonds is 4. The van der Waals surface area contributed by atoms with Crippen molar-refractivity contribution in [3.8, 4) is 0 Å². The fourth-order valence-corrected chi connectivity index (χ4v) is 1.79. The molecule has 1 amide bonds. The van der Waals surface area contributed by atoms with Gasteiger partial charge in [-0.2, -0.15) is 0 Å². The van der Waals surface area contributed by atoms with Gasteiger partial charge in [-0.05, 0) is 25.3 Å². The second-order valence-electron chi connectivity index (χ2n) is 4.63.